The van der Waals surface area contributed by atoms with E-state index in [0.717, 1.165) is 65.4 Å². The molecule has 36 heavy (non-hydrogen) atoms. The highest BCUT2D eigenvalue weighted by Gasteiger charge is 2.13. The molecule has 3 aromatic heterocycles. The van der Waals surface area contributed by atoms with Gasteiger partial charge in [-0.1, -0.05) is 35.9 Å². The molecule has 4 heterocycles. The van der Waals surface area contributed by atoms with Crippen molar-refractivity contribution in [2.45, 2.75) is 0 Å². The lowest BCUT2D eigenvalue weighted by atomic mass is 10.1. The first-order valence-electron chi connectivity index (χ1n) is 11.7. The second-order valence-electron chi connectivity index (χ2n) is 8.67. The second-order valence-corrected chi connectivity index (χ2v) is 9.05. The number of aromatic nitrogens is 5. The van der Waals surface area contributed by atoms with Crippen molar-refractivity contribution in [1.82, 2.24) is 24.7 Å². The predicted octanol–water partition coefficient (Wildman–Crippen LogP) is 5.33. The maximum absolute atomic E-state index is 6.74. The molecule has 1 aliphatic rings. The molecule has 6 rings (SSSR count). The van der Waals surface area contributed by atoms with Crippen LogP contribution in [0.25, 0.3) is 33.2 Å². The van der Waals surface area contributed by atoms with Gasteiger partial charge in [0.15, 0.2) is 0 Å². The van der Waals surface area contributed by atoms with E-state index in [1.165, 1.54) is 0 Å². The molecule has 0 radical (unpaired) electrons. The highest BCUT2D eigenvalue weighted by Crippen LogP contribution is 2.33. The standard InChI is InChI=1S/C27H24ClN7O/c1-34-17-21(16-31-34)23-8-4-20-15-30-27(33-26(20)25(23)28)32-22-6-2-18(3-7-22)19-5-9-24(29-14-19)35-10-12-36-13-11-35/h2-9,14-17H,10-13H2,1H3,(H,30,32,33). The van der Waals surface area contributed by atoms with E-state index in [-0.39, 0.29) is 0 Å². The maximum Gasteiger partial charge on any atom is 0.227 e. The van der Waals surface area contributed by atoms with Gasteiger partial charge >= 0.3 is 0 Å². The second kappa shape index (κ2) is 9.56. The van der Waals surface area contributed by atoms with Crippen LogP contribution in [0.3, 0.4) is 0 Å². The minimum absolute atomic E-state index is 0.483. The Morgan fingerprint density at radius 2 is 1.67 bits per heavy atom. The molecule has 0 unspecified atom stereocenters. The number of morpholine rings is 1. The molecule has 0 spiro atoms. The lowest BCUT2D eigenvalue weighted by Gasteiger charge is -2.27. The zero-order valence-corrected chi connectivity index (χ0v) is 20.5. The lowest BCUT2D eigenvalue weighted by molar-refractivity contribution is 0.122. The third-order valence-corrected chi connectivity index (χ3v) is 6.65. The summed E-state index contributed by atoms with van der Waals surface area (Å²) < 4.78 is 7.18. The van der Waals surface area contributed by atoms with Crippen LogP contribution >= 0.6 is 11.6 Å². The van der Waals surface area contributed by atoms with E-state index in [0.29, 0.717) is 16.5 Å². The van der Waals surface area contributed by atoms with Crippen molar-refractivity contribution in [3.63, 3.8) is 0 Å². The molecule has 0 atom stereocenters. The summed E-state index contributed by atoms with van der Waals surface area (Å²) in [6.45, 7) is 3.24. The normalized spacial score (nSPS) is 13.8. The van der Waals surface area contributed by atoms with Crippen molar-refractivity contribution in [3.05, 3.63) is 78.3 Å². The number of benzene rings is 2. The van der Waals surface area contributed by atoms with Gasteiger partial charge < -0.3 is 15.0 Å². The molecule has 8 nitrogen and oxygen atoms in total. The molecule has 1 N–H and O–H groups in total. The van der Waals surface area contributed by atoms with Crippen LogP contribution in [-0.4, -0.2) is 51.0 Å². The van der Waals surface area contributed by atoms with E-state index >= 15 is 0 Å². The summed E-state index contributed by atoms with van der Waals surface area (Å²) in [5, 5.41) is 8.98. The first-order chi connectivity index (χ1) is 17.6. The number of pyridine rings is 1. The van der Waals surface area contributed by atoms with Gasteiger partial charge in [0, 0.05) is 66.5 Å². The fourth-order valence-electron chi connectivity index (χ4n) is 4.32. The molecular weight excluding hydrogens is 474 g/mol. The highest BCUT2D eigenvalue weighted by atomic mass is 35.5. The van der Waals surface area contributed by atoms with Gasteiger partial charge in [0.1, 0.15) is 5.82 Å². The van der Waals surface area contributed by atoms with Gasteiger partial charge in [-0.2, -0.15) is 5.10 Å². The van der Waals surface area contributed by atoms with Crippen LogP contribution in [-0.2, 0) is 11.8 Å². The Labute approximate surface area is 213 Å². The molecule has 0 amide bonds. The minimum Gasteiger partial charge on any atom is -0.378 e. The summed E-state index contributed by atoms with van der Waals surface area (Å²) in [6.07, 6.45) is 7.42. The zero-order chi connectivity index (χ0) is 24.5. The van der Waals surface area contributed by atoms with Crippen molar-refractivity contribution in [2.75, 3.05) is 36.5 Å². The Balaban J connectivity index is 1.20. The molecule has 2 aromatic carbocycles. The van der Waals surface area contributed by atoms with Gasteiger partial charge in [-0.3, -0.25) is 4.68 Å². The molecule has 0 bridgehead atoms. The van der Waals surface area contributed by atoms with Crippen LogP contribution in [0.5, 0.6) is 0 Å². The highest BCUT2D eigenvalue weighted by molar-refractivity contribution is 6.37. The monoisotopic (exact) mass is 497 g/mol. The van der Waals surface area contributed by atoms with Gasteiger partial charge in [0.2, 0.25) is 5.95 Å². The van der Waals surface area contributed by atoms with E-state index in [2.05, 4.69) is 49.5 Å². The van der Waals surface area contributed by atoms with Crippen LogP contribution in [0.4, 0.5) is 17.5 Å². The number of halogens is 1. The number of anilines is 3. The summed E-state index contributed by atoms with van der Waals surface area (Å²) in [5.41, 5.74) is 5.56. The quantitative estimate of drug-likeness (QED) is 0.351. The average Bonchev–Trinajstić information content (AvgIpc) is 3.36. The van der Waals surface area contributed by atoms with Gasteiger partial charge in [0.25, 0.3) is 0 Å². The molecule has 9 heteroatoms. The van der Waals surface area contributed by atoms with Crippen LogP contribution in [0, 0.1) is 0 Å². The van der Waals surface area contributed by atoms with Gasteiger partial charge in [-0.15, -0.1) is 0 Å². The molecular formula is C27H24ClN7O. The molecule has 1 aliphatic heterocycles. The Morgan fingerprint density at radius 1 is 0.861 bits per heavy atom. The number of nitrogens with zero attached hydrogens (tertiary/aromatic N) is 6. The topological polar surface area (TPSA) is 81.0 Å². The van der Waals surface area contributed by atoms with E-state index in [9.17, 15) is 0 Å². The minimum atomic E-state index is 0.483. The summed E-state index contributed by atoms with van der Waals surface area (Å²) >= 11 is 6.74. The molecule has 5 aromatic rings. The van der Waals surface area contributed by atoms with Crippen molar-refractivity contribution in [1.29, 1.82) is 0 Å². The Morgan fingerprint density at radius 3 is 2.39 bits per heavy atom. The smallest absolute Gasteiger partial charge is 0.227 e. The van der Waals surface area contributed by atoms with Gasteiger partial charge in [0.05, 0.1) is 29.9 Å². The number of nitrogens with one attached hydrogen (secondary N) is 1. The molecule has 1 saturated heterocycles. The Kier molecular flexibility index (Phi) is 5.96. The third kappa shape index (κ3) is 4.48. The van der Waals surface area contributed by atoms with Crippen LogP contribution in [0.2, 0.25) is 5.02 Å². The largest absolute Gasteiger partial charge is 0.378 e. The van der Waals surface area contributed by atoms with E-state index in [1.807, 2.05) is 43.7 Å². The Hall–Kier alpha value is -4.01. The van der Waals surface area contributed by atoms with E-state index in [4.69, 9.17) is 21.3 Å². The zero-order valence-electron chi connectivity index (χ0n) is 19.7. The van der Waals surface area contributed by atoms with Crippen molar-refractivity contribution < 1.29 is 4.74 Å². The fraction of sp³-hybridized carbons (Fsp3) is 0.185. The fourth-order valence-corrected chi connectivity index (χ4v) is 4.64. The maximum atomic E-state index is 6.74. The summed E-state index contributed by atoms with van der Waals surface area (Å²) in [6, 6.07) is 16.2. The van der Waals surface area contributed by atoms with Gasteiger partial charge in [-0.05, 0) is 29.8 Å². The van der Waals surface area contributed by atoms with Crippen molar-refractivity contribution in [2.24, 2.45) is 7.05 Å². The van der Waals surface area contributed by atoms with E-state index < -0.39 is 0 Å². The number of ether oxygens (including phenoxy) is 1. The van der Waals surface area contributed by atoms with Crippen LogP contribution < -0.4 is 10.2 Å². The molecule has 0 aliphatic carbocycles. The first-order valence-corrected chi connectivity index (χ1v) is 12.1. The first kappa shape index (κ1) is 22.5. The SMILES string of the molecule is Cn1cc(-c2ccc3cnc(Nc4ccc(-c5ccc(N6CCOCC6)nc5)cc4)nc3c2Cl)cn1. The number of hydrogen-bond acceptors (Lipinski definition) is 7. The summed E-state index contributed by atoms with van der Waals surface area (Å²) in [5.74, 6) is 1.47. The average molecular weight is 498 g/mol. The Bertz CT molecular complexity index is 1510. The molecule has 1 fully saturated rings. The van der Waals surface area contributed by atoms with Crippen molar-refractivity contribution in [3.8, 4) is 22.3 Å². The number of aryl methyl sites for hydroxylation is 1. The van der Waals surface area contributed by atoms with Crippen molar-refractivity contribution >= 4 is 40.0 Å². The van der Waals surface area contributed by atoms with Crippen LogP contribution in [0.1, 0.15) is 0 Å². The number of fused-ring (bicyclic) bond motifs is 1. The lowest BCUT2D eigenvalue weighted by Crippen LogP contribution is -2.36. The number of rotatable bonds is 5. The number of hydrogen-bond donors (Lipinski definition) is 1. The van der Waals surface area contributed by atoms with Crippen LogP contribution in [0.15, 0.2) is 73.3 Å². The molecule has 180 valence electrons. The van der Waals surface area contributed by atoms with E-state index in [1.54, 1.807) is 17.1 Å². The van der Waals surface area contributed by atoms with Gasteiger partial charge in [-0.25, -0.2) is 15.0 Å². The summed E-state index contributed by atoms with van der Waals surface area (Å²) in [4.78, 5) is 16.1. The third-order valence-electron chi connectivity index (χ3n) is 6.26. The molecule has 0 saturated carbocycles. The predicted molar refractivity (Wildman–Crippen MR) is 143 cm³/mol. The summed E-state index contributed by atoms with van der Waals surface area (Å²) in [7, 11) is 1.88.